The molecule has 1 saturated carbocycles. The zero-order valence-corrected chi connectivity index (χ0v) is 22.7. The summed E-state index contributed by atoms with van der Waals surface area (Å²) in [7, 11) is -5.64. The molecule has 0 radical (unpaired) electrons. The fraction of sp³-hybridized carbons (Fsp3) is 0.300. The molecule has 7 nitrogen and oxygen atoms in total. The number of benzene rings is 2. The Kier molecular flexibility index (Phi) is 8.67. The molecule has 2 aromatic carbocycles. The predicted octanol–water partition coefficient (Wildman–Crippen LogP) is 6.10. The molecule has 0 heterocycles. The van der Waals surface area contributed by atoms with Crippen molar-refractivity contribution in [1.29, 1.82) is 0 Å². The third-order valence-electron chi connectivity index (χ3n) is 5.14. The summed E-state index contributed by atoms with van der Waals surface area (Å²) in [5, 5.41) is 0. The van der Waals surface area contributed by atoms with Crippen molar-refractivity contribution in [3.05, 3.63) is 54.4 Å². The summed E-state index contributed by atoms with van der Waals surface area (Å²) < 4.78 is 98.5. The zero-order valence-electron chi connectivity index (χ0n) is 17.1. The Labute approximate surface area is 221 Å². The van der Waals surface area contributed by atoms with Crippen LogP contribution in [0.4, 0.5) is 17.6 Å². The van der Waals surface area contributed by atoms with Gasteiger partial charge in [0.1, 0.15) is 6.10 Å². The van der Waals surface area contributed by atoms with Gasteiger partial charge in [-0.05, 0) is 69.7 Å². The molecule has 2 aromatic rings. The molecule has 1 fully saturated rings. The van der Waals surface area contributed by atoms with Gasteiger partial charge in [0.15, 0.2) is 16.5 Å². The molecule has 0 aromatic heterocycles. The fourth-order valence-electron chi connectivity index (χ4n) is 3.46. The van der Waals surface area contributed by atoms with Gasteiger partial charge in [-0.2, -0.15) is 17.2 Å². The van der Waals surface area contributed by atoms with Gasteiger partial charge < -0.3 is 9.47 Å². The van der Waals surface area contributed by atoms with Crippen molar-refractivity contribution in [2.45, 2.75) is 36.7 Å². The van der Waals surface area contributed by atoms with Gasteiger partial charge in [0.05, 0.1) is 11.5 Å². The number of rotatable bonds is 5. The van der Waals surface area contributed by atoms with Crippen LogP contribution in [0.15, 0.2) is 30.4 Å². The number of carbonyl (C=O) groups excluding carboxylic acids is 2. The van der Waals surface area contributed by atoms with Gasteiger partial charge in [-0.3, -0.25) is 9.35 Å². The first kappa shape index (κ1) is 28.0. The van der Waals surface area contributed by atoms with Crippen LogP contribution in [0.25, 0.3) is 0 Å². The first-order valence-corrected chi connectivity index (χ1v) is 13.4. The van der Waals surface area contributed by atoms with E-state index in [-0.39, 0.29) is 31.2 Å². The third kappa shape index (κ3) is 6.06. The molecule has 190 valence electrons. The maximum atomic E-state index is 14.1. The van der Waals surface area contributed by atoms with E-state index >= 15 is 0 Å². The first-order chi connectivity index (χ1) is 16.2. The quantitative estimate of drug-likeness (QED) is 0.131. The summed E-state index contributed by atoms with van der Waals surface area (Å²) in [6.45, 7) is 0. The Morgan fingerprint density at radius 2 is 1.37 bits per heavy atom. The van der Waals surface area contributed by atoms with E-state index in [0.717, 1.165) is 0 Å². The van der Waals surface area contributed by atoms with Crippen molar-refractivity contribution in [3.63, 3.8) is 0 Å². The van der Waals surface area contributed by atoms with Crippen molar-refractivity contribution in [2.75, 3.05) is 0 Å². The summed E-state index contributed by atoms with van der Waals surface area (Å²) in [5.74, 6) is -14.0. The van der Waals surface area contributed by atoms with E-state index in [9.17, 15) is 35.6 Å². The number of carbonyl (C=O) groups is 2. The number of hydrogen-bond acceptors (Lipinski definition) is 6. The molecule has 1 aliphatic carbocycles. The van der Waals surface area contributed by atoms with Crippen LogP contribution in [0, 0.1) is 29.2 Å². The standard InChI is InChI=1S/C20H13Br3F4O7S/c21-8-5-10(22)12(11(23)6-8)20(29)33-9-3-1-7(2-4-9)19(28)34-17-13(24)15(26)18(35(30,31)32)16(27)14(17)25/h5-7,9H,1-4H2,(H,30,31,32). The average Bonchev–Trinajstić information content (AvgIpc) is 2.74. The van der Waals surface area contributed by atoms with E-state index in [2.05, 4.69) is 52.5 Å². The Bertz CT molecular complexity index is 1260. The van der Waals surface area contributed by atoms with Crippen molar-refractivity contribution in [1.82, 2.24) is 0 Å². The molecular formula is C20H13Br3F4O7S. The normalized spacial score (nSPS) is 18.3. The lowest BCUT2D eigenvalue weighted by Gasteiger charge is -2.27. The first-order valence-electron chi connectivity index (χ1n) is 9.63. The molecule has 0 bridgehead atoms. The molecule has 1 aliphatic rings. The minimum Gasteiger partial charge on any atom is -0.459 e. The molecule has 1 N–H and O–H groups in total. The van der Waals surface area contributed by atoms with E-state index in [1.54, 1.807) is 12.1 Å². The molecule has 0 spiro atoms. The molecule has 3 rings (SSSR count). The van der Waals surface area contributed by atoms with Crippen LogP contribution in [0.5, 0.6) is 5.75 Å². The number of esters is 2. The summed E-state index contributed by atoms with van der Waals surface area (Å²) in [4.78, 5) is 22.7. The smallest absolute Gasteiger partial charge is 0.340 e. The molecule has 0 aliphatic heterocycles. The molecule has 0 saturated heterocycles. The summed E-state index contributed by atoms with van der Waals surface area (Å²) in [6.07, 6.45) is -0.0706. The summed E-state index contributed by atoms with van der Waals surface area (Å²) >= 11 is 9.84. The Morgan fingerprint density at radius 1 is 0.886 bits per heavy atom. The summed E-state index contributed by atoms with van der Waals surface area (Å²) in [5.41, 5.74) is 0.248. The molecule has 0 atom stereocenters. The van der Waals surface area contributed by atoms with Gasteiger partial charge in [0.25, 0.3) is 0 Å². The van der Waals surface area contributed by atoms with Crippen LogP contribution < -0.4 is 4.74 Å². The van der Waals surface area contributed by atoms with Crippen molar-refractivity contribution < 1.29 is 49.6 Å². The van der Waals surface area contributed by atoms with Crippen LogP contribution in [0.3, 0.4) is 0 Å². The second-order valence-electron chi connectivity index (χ2n) is 7.43. The van der Waals surface area contributed by atoms with Gasteiger partial charge in [-0.1, -0.05) is 15.9 Å². The molecule has 15 heteroatoms. The van der Waals surface area contributed by atoms with Gasteiger partial charge >= 0.3 is 22.1 Å². The number of halogens is 7. The van der Waals surface area contributed by atoms with Crippen LogP contribution in [-0.2, 0) is 19.6 Å². The van der Waals surface area contributed by atoms with Gasteiger partial charge in [0, 0.05) is 13.4 Å². The monoisotopic (exact) mass is 710 g/mol. The topological polar surface area (TPSA) is 107 Å². The maximum Gasteiger partial charge on any atom is 0.340 e. The van der Waals surface area contributed by atoms with Crippen LogP contribution >= 0.6 is 47.8 Å². The lowest BCUT2D eigenvalue weighted by molar-refractivity contribution is -0.141. The predicted molar refractivity (Wildman–Crippen MR) is 122 cm³/mol. The number of hydrogen-bond donors (Lipinski definition) is 1. The minimum absolute atomic E-state index is 0.0662. The lowest BCUT2D eigenvalue weighted by Crippen LogP contribution is -2.30. The maximum absolute atomic E-state index is 14.1. The number of ether oxygens (including phenoxy) is 2. The zero-order chi connectivity index (χ0) is 26.2. The van der Waals surface area contributed by atoms with E-state index in [4.69, 9.17) is 9.29 Å². The molecule has 35 heavy (non-hydrogen) atoms. The van der Waals surface area contributed by atoms with Crippen LogP contribution in [0.1, 0.15) is 36.0 Å². The Hall–Kier alpha value is -1.55. The van der Waals surface area contributed by atoms with Gasteiger partial charge in [0.2, 0.25) is 17.4 Å². The Morgan fingerprint density at radius 3 is 1.83 bits per heavy atom. The second kappa shape index (κ2) is 10.8. The highest BCUT2D eigenvalue weighted by atomic mass is 79.9. The van der Waals surface area contributed by atoms with E-state index < -0.39 is 68.0 Å². The summed E-state index contributed by atoms with van der Waals surface area (Å²) in [6, 6.07) is 3.31. The second-order valence-corrected chi connectivity index (χ2v) is 11.4. The van der Waals surface area contributed by atoms with Crippen LogP contribution in [0.2, 0.25) is 0 Å². The average molecular weight is 713 g/mol. The third-order valence-corrected chi connectivity index (χ3v) is 7.72. The van der Waals surface area contributed by atoms with Crippen molar-refractivity contribution in [2.24, 2.45) is 5.92 Å². The molecule has 0 amide bonds. The highest BCUT2D eigenvalue weighted by Crippen LogP contribution is 2.35. The van der Waals surface area contributed by atoms with Crippen molar-refractivity contribution >= 4 is 69.8 Å². The van der Waals surface area contributed by atoms with Crippen molar-refractivity contribution in [3.8, 4) is 5.75 Å². The minimum atomic E-state index is -5.64. The van der Waals surface area contributed by atoms with E-state index in [1.807, 2.05) is 0 Å². The Balaban J connectivity index is 1.67. The fourth-order valence-corrected chi connectivity index (χ4v) is 6.67. The van der Waals surface area contributed by atoms with Gasteiger partial charge in [-0.25, -0.2) is 13.6 Å². The van der Waals surface area contributed by atoms with E-state index in [0.29, 0.717) is 13.4 Å². The highest BCUT2D eigenvalue weighted by molar-refractivity contribution is 9.11. The molecular weight excluding hydrogens is 700 g/mol. The van der Waals surface area contributed by atoms with Gasteiger partial charge in [-0.15, -0.1) is 0 Å². The highest BCUT2D eigenvalue weighted by Gasteiger charge is 2.36. The largest absolute Gasteiger partial charge is 0.459 e. The molecule has 0 unspecified atom stereocenters. The lowest BCUT2D eigenvalue weighted by atomic mass is 9.87. The van der Waals surface area contributed by atoms with Crippen LogP contribution in [-0.4, -0.2) is 31.0 Å². The van der Waals surface area contributed by atoms with E-state index in [1.165, 1.54) is 0 Å². The SMILES string of the molecule is O=C(OC1CCC(C(=O)Oc2c(F)c(F)c(S(=O)(=O)O)c(F)c2F)CC1)c1c(Br)cc(Br)cc1Br.